The van der Waals surface area contributed by atoms with E-state index in [1.807, 2.05) is 6.07 Å². The van der Waals surface area contributed by atoms with E-state index in [-0.39, 0.29) is 5.82 Å². The highest BCUT2D eigenvalue weighted by molar-refractivity contribution is 5.63. The van der Waals surface area contributed by atoms with Crippen molar-refractivity contribution in [3.05, 3.63) is 95.8 Å². The summed E-state index contributed by atoms with van der Waals surface area (Å²) in [5.74, 6) is 1.36. The van der Waals surface area contributed by atoms with Crippen molar-refractivity contribution in [3.8, 4) is 11.1 Å². The van der Waals surface area contributed by atoms with Gasteiger partial charge in [-0.1, -0.05) is 73.2 Å². The highest BCUT2D eigenvalue weighted by Crippen LogP contribution is 2.49. The first kappa shape index (κ1) is 18.6. The van der Waals surface area contributed by atoms with Crippen molar-refractivity contribution in [3.63, 3.8) is 0 Å². The van der Waals surface area contributed by atoms with Crippen LogP contribution in [0.3, 0.4) is 0 Å². The van der Waals surface area contributed by atoms with Crippen LogP contribution in [0.5, 0.6) is 0 Å². The summed E-state index contributed by atoms with van der Waals surface area (Å²) in [5.41, 5.74) is 4.94. The zero-order chi connectivity index (χ0) is 19.6. The van der Waals surface area contributed by atoms with E-state index in [1.165, 1.54) is 56.0 Å². The lowest BCUT2D eigenvalue weighted by molar-refractivity contribution is 0.141. The van der Waals surface area contributed by atoms with Crippen LogP contribution in [0, 0.1) is 11.7 Å². The first-order chi connectivity index (χ1) is 14.3. The van der Waals surface area contributed by atoms with E-state index in [2.05, 4.69) is 59.5 Å². The minimum Gasteiger partial charge on any atom is -0.296 e. The van der Waals surface area contributed by atoms with Crippen molar-refractivity contribution in [2.75, 3.05) is 13.1 Å². The molecule has 3 aromatic carbocycles. The number of nitrogens with zero attached hydrogens (tertiary/aromatic N) is 1. The Balaban J connectivity index is 1.29. The van der Waals surface area contributed by atoms with Gasteiger partial charge in [-0.15, -0.1) is 0 Å². The van der Waals surface area contributed by atoms with Crippen LogP contribution in [-0.2, 0) is 0 Å². The zero-order valence-electron chi connectivity index (χ0n) is 16.8. The molecule has 1 nitrogen and oxygen atoms in total. The second kappa shape index (κ2) is 8.12. The Morgan fingerprint density at radius 1 is 0.793 bits per heavy atom. The van der Waals surface area contributed by atoms with E-state index < -0.39 is 0 Å². The summed E-state index contributed by atoms with van der Waals surface area (Å²) < 4.78 is 13.5. The maximum absolute atomic E-state index is 13.5. The van der Waals surface area contributed by atoms with E-state index in [0.717, 1.165) is 23.0 Å². The minimum atomic E-state index is -0.178. The molecule has 2 heteroatoms. The molecular weight excluding hydrogens is 357 g/mol. The molecule has 1 aliphatic carbocycles. The Kier molecular flexibility index (Phi) is 5.20. The largest absolute Gasteiger partial charge is 0.296 e. The van der Waals surface area contributed by atoms with Crippen molar-refractivity contribution >= 4 is 0 Å². The fourth-order valence-electron chi connectivity index (χ4n) is 5.01. The molecule has 29 heavy (non-hydrogen) atoms. The minimum absolute atomic E-state index is 0.178. The molecule has 0 N–H and O–H groups in total. The molecule has 5 rings (SSSR count). The summed E-state index contributed by atoms with van der Waals surface area (Å²) in [6, 6.07) is 27.2. The predicted octanol–water partition coefficient (Wildman–Crippen LogP) is 6.82. The van der Waals surface area contributed by atoms with Crippen LogP contribution in [0.15, 0.2) is 78.9 Å². The SMILES string of the molecule is Fc1cccc(-c2ccc(C3CCCCN3CC3CC3c3ccccc3)cc2)c1. The van der Waals surface area contributed by atoms with Gasteiger partial charge in [0.2, 0.25) is 0 Å². The van der Waals surface area contributed by atoms with Gasteiger partial charge in [0.1, 0.15) is 5.82 Å². The summed E-state index contributed by atoms with van der Waals surface area (Å²) in [6.45, 7) is 2.41. The number of likely N-dealkylation sites (tertiary alicyclic amines) is 1. The molecule has 3 atom stereocenters. The summed E-state index contributed by atoms with van der Waals surface area (Å²) in [4.78, 5) is 2.72. The van der Waals surface area contributed by atoms with Crippen LogP contribution >= 0.6 is 0 Å². The predicted molar refractivity (Wildman–Crippen MR) is 117 cm³/mol. The molecule has 0 amide bonds. The zero-order valence-corrected chi connectivity index (χ0v) is 16.8. The summed E-state index contributed by atoms with van der Waals surface area (Å²) in [7, 11) is 0. The Morgan fingerprint density at radius 2 is 1.62 bits per heavy atom. The summed E-state index contributed by atoms with van der Waals surface area (Å²) in [5, 5.41) is 0. The molecule has 1 aliphatic heterocycles. The first-order valence-electron chi connectivity index (χ1n) is 10.9. The topological polar surface area (TPSA) is 3.24 Å². The van der Waals surface area contributed by atoms with E-state index in [1.54, 1.807) is 12.1 Å². The number of rotatable bonds is 5. The summed E-state index contributed by atoms with van der Waals surface area (Å²) in [6.07, 6.45) is 5.17. The van der Waals surface area contributed by atoms with Gasteiger partial charge in [0.05, 0.1) is 0 Å². The van der Waals surface area contributed by atoms with Crippen molar-refractivity contribution in [2.45, 2.75) is 37.6 Å². The molecule has 1 saturated carbocycles. The molecule has 0 bridgehead atoms. The van der Waals surface area contributed by atoms with E-state index in [4.69, 9.17) is 0 Å². The molecule has 3 aromatic rings. The molecular formula is C27H28FN. The third-order valence-electron chi connectivity index (χ3n) is 6.69. The number of halogens is 1. The molecule has 2 fully saturated rings. The number of hydrogen-bond donors (Lipinski definition) is 0. The lowest BCUT2D eigenvalue weighted by Gasteiger charge is -2.36. The summed E-state index contributed by atoms with van der Waals surface area (Å²) >= 11 is 0. The van der Waals surface area contributed by atoms with Crippen LogP contribution in [0.4, 0.5) is 4.39 Å². The van der Waals surface area contributed by atoms with Gasteiger partial charge in [-0.25, -0.2) is 4.39 Å². The quantitative estimate of drug-likeness (QED) is 0.465. The van der Waals surface area contributed by atoms with Crippen molar-refractivity contribution in [1.29, 1.82) is 0 Å². The van der Waals surface area contributed by atoms with E-state index in [9.17, 15) is 4.39 Å². The second-order valence-corrected chi connectivity index (χ2v) is 8.65. The molecule has 1 saturated heterocycles. The van der Waals surface area contributed by atoms with Gasteiger partial charge >= 0.3 is 0 Å². The number of benzene rings is 3. The van der Waals surface area contributed by atoms with Crippen LogP contribution < -0.4 is 0 Å². The Morgan fingerprint density at radius 3 is 2.41 bits per heavy atom. The van der Waals surface area contributed by atoms with Gasteiger partial charge < -0.3 is 0 Å². The Bertz CT molecular complexity index is 950. The van der Waals surface area contributed by atoms with Crippen LogP contribution in [0.2, 0.25) is 0 Å². The maximum Gasteiger partial charge on any atom is 0.123 e. The third-order valence-corrected chi connectivity index (χ3v) is 6.69. The van der Waals surface area contributed by atoms with Gasteiger partial charge in [0, 0.05) is 12.6 Å². The van der Waals surface area contributed by atoms with Gasteiger partial charge in [-0.2, -0.15) is 0 Å². The molecule has 1 heterocycles. The third kappa shape index (κ3) is 4.13. The molecule has 3 unspecified atom stereocenters. The molecule has 0 spiro atoms. The van der Waals surface area contributed by atoms with Gasteiger partial charge in [0.15, 0.2) is 0 Å². The van der Waals surface area contributed by atoms with Gasteiger partial charge in [-0.05, 0) is 72.0 Å². The van der Waals surface area contributed by atoms with Crippen molar-refractivity contribution < 1.29 is 4.39 Å². The van der Waals surface area contributed by atoms with Gasteiger partial charge in [0.25, 0.3) is 0 Å². The van der Waals surface area contributed by atoms with E-state index in [0.29, 0.717) is 6.04 Å². The average Bonchev–Trinajstić information content (AvgIpc) is 3.54. The second-order valence-electron chi connectivity index (χ2n) is 8.65. The van der Waals surface area contributed by atoms with Crippen molar-refractivity contribution in [1.82, 2.24) is 4.90 Å². The lowest BCUT2D eigenvalue weighted by Crippen LogP contribution is -2.35. The van der Waals surface area contributed by atoms with E-state index >= 15 is 0 Å². The van der Waals surface area contributed by atoms with Crippen LogP contribution in [-0.4, -0.2) is 18.0 Å². The molecule has 0 radical (unpaired) electrons. The number of piperidine rings is 1. The van der Waals surface area contributed by atoms with Crippen molar-refractivity contribution in [2.24, 2.45) is 5.92 Å². The lowest BCUT2D eigenvalue weighted by atomic mass is 9.93. The Hall–Kier alpha value is -2.45. The average molecular weight is 386 g/mol. The Labute approximate surface area is 173 Å². The maximum atomic E-state index is 13.5. The fraction of sp³-hybridized carbons (Fsp3) is 0.333. The first-order valence-corrected chi connectivity index (χ1v) is 10.9. The van der Waals surface area contributed by atoms with Crippen LogP contribution in [0.1, 0.15) is 48.8 Å². The monoisotopic (exact) mass is 385 g/mol. The fourth-order valence-corrected chi connectivity index (χ4v) is 5.01. The smallest absolute Gasteiger partial charge is 0.123 e. The normalized spacial score (nSPS) is 24.4. The molecule has 2 aliphatic rings. The van der Waals surface area contributed by atoms with Gasteiger partial charge in [-0.3, -0.25) is 4.90 Å². The number of hydrogen-bond acceptors (Lipinski definition) is 1. The molecule has 0 aromatic heterocycles. The molecule has 148 valence electrons. The highest BCUT2D eigenvalue weighted by atomic mass is 19.1. The highest BCUT2D eigenvalue weighted by Gasteiger charge is 2.40. The van der Waals surface area contributed by atoms with Crippen LogP contribution in [0.25, 0.3) is 11.1 Å². The standard InChI is InChI=1S/C27H28FN/c28-25-10-6-9-23(17-25)20-12-14-22(15-13-20)27-11-4-5-16-29(27)19-24-18-26(24)21-7-2-1-3-8-21/h1-3,6-10,12-15,17,24,26-27H,4-5,11,16,18-19H2.